The second kappa shape index (κ2) is 9.36. The second-order valence-electron chi connectivity index (χ2n) is 7.17. The molecule has 9 heteroatoms. The van der Waals surface area contributed by atoms with E-state index < -0.39 is 10.2 Å². The third-order valence-corrected chi connectivity index (χ3v) is 6.94. The summed E-state index contributed by atoms with van der Waals surface area (Å²) in [5.74, 6) is 0.577. The molecule has 0 bridgehead atoms. The summed E-state index contributed by atoms with van der Waals surface area (Å²) in [7, 11) is 0.765. The van der Waals surface area contributed by atoms with Crippen LogP contribution in [-0.4, -0.2) is 77.5 Å². The van der Waals surface area contributed by atoms with E-state index in [-0.39, 0.29) is 12.5 Å². The van der Waals surface area contributed by atoms with Crippen molar-refractivity contribution in [3.05, 3.63) is 54.6 Å². The lowest BCUT2D eigenvalue weighted by Gasteiger charge is -2.37. The van der Waals surface area contributed by atoms with Gasteiger partial charge in [0.25, 0.3) is 0 Å². The molecule has 0 aromatic heterocycles. The molecular weight excluding hydrogens is 404 g/mol. The van der Waals surface area contributed by atoms with Crippen LogP contribution < -0.4 is 13.9 Å². The zero-order valence-electron chi connectivity index (χ0n) is 17.6. The Labute approximate surface area is 178 Å². The van der Waals surface area contributed by atoms with Gasteiger partial charge in [0.2, 0.25) is 5.91 Å². The molecule has 0 unspecified atom stereocenters. The quantitative estimate of drug-likeness (QED) is 0.665. The van der Waals surface area contributed by atoms with Crippen LogP contribution in [0.4, 0.5) is 11.4 Å². The summed E-state index contributed by atoms with van der Waals surface area (Å²) in [4.78, 5) is 16.9. The first-order valence-electron chi connectivity index (χ1n) is 9.75. The number of carbonyl (C=O) groups is 1. The minimum Gasteiger partial charge on any atom is -0.495 e. The first kappa shape index (κ1) is 21.9. The Morgan fingerprint density at radius 2 is 1.57 bits per heavy atom. The van der Waals surface area contributed by atoms with Crippen LogP contribution in [0.15, 0.2) is 54.6 Å². The van der Waals surface area contributed by atoms with Gasteiger partial charge in [-0.15, -0.1) is 0 Å². The minimum atomic E-state index is -3.80. The molecule has 0 N–H and O–H groups in total. The van der Waals surface area contributed by atoms with E-state index in [0.717, 1.165) is 20.0 Å². The van der Waals surface area contributed by atoms with Gasteiger partial charge in [0.1, 0.15) is 12.3 Å². The highest BCUT2D eigenvalue weighted by Crippen LogP contribution is 2.28. The van der Waals surface area contributed by atoms with Crippen LogP contribution in [0.3, 0.4) is 0 Å². The van der Waals surface area contributed by atoms with Crippen LogP contribution >= 0.6 is 0 Å². The predicted octanol–water partition coefficient (Wildman–Crippen LogP) is 1.66. The highest BCUT2D eigenvalue weighted by atomic mass is 32.2. The number of benzene rings is 2. The van der Waals surface area contributed by atoms with E-state index in [0.29, 0.717) is 31.9 Å². The maximum Gasteiger partial charge on any atom is 0.304 e. The number of nitrogens with zero attached hydrogens (tertiary/aromatic N) is 4. The molecule has 1 fully saturated rings. The zero-order chi connectivity index (χ0) is 21.7. The highest BCUT2D eigenvalue weighted by molar-refractivity contribution is 7.90. The predicted molar refractivity (Wildman–Crippen MR) is 118 cm³/mol. The summed E-state index contributed by atoms with van der Waals surface area (Å²) in [6, 6.07) is 16.5. The number of methoxy groups -OCH3 is 1. The van der Waals surface area contributed by atoms with Gasteiger partial charge < -0.3 is 14.5 Å². The standard InChI is InChI=1S/C21H28N4O4S/c1-22(2)30(27,28)25(18-9-5-4-6-10-18)17-21(26)24-15-13-23(14-16-24)19-11-7-8-12-20(19)29-3/h4-12H,13-17H2,1-3H3. The molecule has 0 atom stereocenters. The van der Waals surface area contributed by atoms with Crippen molar-refractivity contribution in [2.45, 2.75) is 0 Å². The Hall–Kier alpha value is -2.78. The van der Waals surface area contributed by atoms with Crippen LogP contribution in [0, 0.1) is 0 Å². The normalized spacial score (nSPS) is 14.7. The van der Waals surface area contributed by atoms with Gasteiger partial charge in [0.05, 0.1) is 18.5 Å². The van der Waals surface area contributed by atoms with Gasteiger partial charge in [-0.25, -0.2) is 4.31 Å². The van der Waals surface area contributed by atoms with Crippen molar-refractivity contribution in [2.24, 2.45) is 0 Å². The monoisotopic (exact) mass is 432 g/mol. The summed E-state index contributed by atoms with van der Waals surface area (Å²) in [5, 5.41) is 0. The number of carbonyl (C=O) groups excluding carboxylic acids is 1. The van der Waals surface area contributed by atoms with E-state index in [2.05, 4.69) is 4.90 Å². The van der Waals surface area contributed by atoms with Gasteiger partial charge in [-0.05, 0) is 24.3 Å². The van der Waals surface area contributed by atoms with Gasteiger partial charge in [-0.1, -0.05) is 30.3 Å². The number of rotatable bonds is 7. The van der Waals surface area contributed by atoms with E-state index in [1.165, 1.54) is 14.1 Å². The fourth-order valence-corrected chi connectivity index (χ4v) is 4.46. The number of anilines is 2. The molecular formula is C21H28N4O4S. The number of hydrogen-bond acceptors (Lipinski definition) is 5. The van der Waals surface area contributed by atoms with Gasteiger partial charge in [0.15, 0.2) is 0 Å². The first-order chi connectivity index (χ1) is 14.3. The Morgan fingerprint density at radius 3 is 2.17 bits per heavy atom. The lowest BCUT2D eigenvalue weighted by atomic mass is 10.2. The van der Waals surface area contributed by atoms with E-state index in [1.54, 1.807) is 36.3 Å². The highest BCUT2D eigenvalue weighted by Gasteiger charge is 2.30. The summed E-state index contributed by atoms with van der Waals surface area (Å²) >= 11 is 0. The molecule has 0 aliphatic carbocycles. The molecule has 1 saturated heterocycles. The minimum absolute atomic E-state index is 0.219. The molecule has 1 aliphatic rings. The summed E-state index contributed by atoms with van der Waals surface area (Å²) in [6.07, 6.45) is 0. The van der Waals surface area contributed by atoms with Crippen molar-refractivity contribution in [3.8, 4) is 5.75 Å². The number of amides is 1. The van der Waals surface area contributed by atoms with Crippen molar-refractivity contribution >= 4 is 27.5 Å². The number of hydrogen-bond donors (Lipinski definition) is 0. The van der Waals surface area contributed by atoms with E-state index >= 15 is 0 Å². The van der Waals surface area contributed by atoms with Crippen LogP contribution in [0.2, 0.25) is 0 Å². The Morgan fingerprint density at radius 1 is 0.967 bits per heavy atom. The molecule has 30 heavy (non-hydrogen) atoms. The molecule has 3 rings (SSSR count). The van der Waals surface area contributed by atoms with Crippen molar-refractivity contribution in [2.75, 3.05) is 63.1 Å². The third kappa shape index (κ3) is 4.68. The van der Waals surface area contributed by atoms with Gasteiger partial charge >= 0.3 is 10.2 Å². The second-order valence-corrected chi connectivity index (χ2v) is 9.24. The van der Waals surface area contributed by atoms with Crippen molar-refractivity contribution in [3.63, 3.8) is 0 Å². The number of ether oxygens (including phenoxy) is 1. The smallest absolute Gasteiger partial charge is 0.304 e. The van der Waals surface area contributed by atoms with Crippen molar-refractivity contribution in [1.82, 2.24) is 9.21 Å². The van der Waals surface area contributed by atoms with Gasteiger partial charge in [-0.2, -0.15) is 12.7 Å². The molecule has 162 valence electrons. The van der Waals surface area contributed by atoms with Crippen LogP contribution in [0.25, 0.3) is 0 Å². The molecule has 8 nitrogen and oxygen atoms in total. The summed E-state index contributed by atoms with van der Waals surface area (Å²) in [5.41, 5.74) is 1.46. The van der Waals surface area contributed by atoms with Gasteiger partial charge in [-0.3, -0.25) is 4.79 Å². The fraction of sp³-hybridized carbons (Fsp3) is 0.381. The SMILES string of the molecule is COc1ccccc1N1CCN(C(=O)CN(c2ccccc2)S(=O)(=O)N(C)C)CC1. The number of para-hydroxylation sites is 3. The first-order valence-corrected chi connectivity index (χ1v) is 11.1. The summed E-state index contributed by atoms with van der Waals surface area (Å²) in [6.45, 7) is 2.10. The Balaban J connectivity index is 1.70. The topological polar surface area (TPSA) is 73.4 Å². The lowest BCUT2D eigenvalue weighted by molar-refractivity contribution is -0.129. The van der Waals surface area contributed by atoms with E-state index in [4.69, 9.17) is 4.74 Å². The van der Waals surface area contributed by atoms with Crippen LogP contribution in [0.5, 0.6) is 5.75 Å². The van der Waals surface area contributed by atoms with E-state index in [9.17, 15) is 13.2 Å². The largest absolute Gasteiger partial charge is 0.495 e. The average Bonchev–Trinajstić information content (AvgIpc) is 2.77. The molecule has 0 saturated carbocycles. The zero-order valence-corrected chi connectivity index (χ0v) is 18.4. The fourth-order valence-electron chi connectivity index (χ4n) is 3.41. The molecule has 1 aliphatic heterocycles. The van der Waals surface area contributed by atoms with Crippen molar-refractivity contribution < 1.29 is 17.9 Å². The molecule has 1 heterocycles. The third-order valence-electron chi connectivity index (χ3n) is 5.12. The molecule has 0 spiro atoms. The summed E-state index contributed by atoms with van der Waals surface area (Å²) < 4.78 is 33.3. The van der Waals surface area contributed by atoms with Crippen LogP contribution in [-0.2, 0) is 15.0 Å². The Kier molecular flexibility index (Phi) is 6.84. The Bertz CT molecular complexity index is 958. The van der Waals surface area contributed by atoms with E-state index in [1.807, 2.05) is 30.3 Å². The van der Waals surface area contributed by atoms with Gasteiger partial charge in [0, 0.05) is 40.3 Å². The molecule has 0 radical (unpaired) electrons. The lowest BCUT2D eigenvalue weighted by Crippen LogP contribution is -2.53. The molecule has 2 aromatic rings. The number of piperazine rings is 1. The average molecular weight is 433 g/mol. The maximum absolute atomic E-state index is 13.0. The van der Waals surface area contributed by atoms with Crippen LogP contribution in [0.1, 0.15) is 0 Å². The molecule has 1 amide bonds. The van der Waals surface area contributed by atoms with Crippen molar-refractivity contribution in [1.29, 1.82) is 0 Å². The maximum atomic E-state index is 13.0. The molecule has 2 aromatic carbocycles.